The Morgan fingerprint density at radius 3 is 2.30 bits per heavy atom. The minimum Gasteiger partial charge on any atom is -0.382 e. The summed E-state index contributed by atoms with van der Waals surface area (Å²) in [5.41, 5.74) is 4.04. The van der Waals surface area contributed by atoms with Crippen molar-refractivity contribution >= 4 is 23.2 Å². The monoisotopic (exact) mass is 279 g/mol. The highest BCUT2D eigenvalue weighted by molar-refractivity contribution is 5.94. The van der Waals surface area contributed by atoms with Crippen molar-refractivity contribution in [3.63, 3.8) is 0 Å². The first-order valence-electron chi connectivity index (χ1n) is 6.23. The largest absolute Gasteiger partial charge is 0.382 e. The molecule has 0 fully saturated rings. The van der Waals surface area contributed by atoms with Crippen LogP contribution in [0.3, 0.4) is 0 Å². The van der Waals surface area contributed by atoms with Crippen LogP contribution in [0.25, 0.3) is 0 Å². The molecule has 0 saturated heterocycles. The van der Waals surface area contributed by atoms with E-state index in [1.807, 2.05) is 19.1 Å². The van der Waals surface area contributed by atoms with Crippen LogP contribution in [0.4, 0.5) is 11.4 Å². The van der Waals surface area contributed by atoms with E-state index in [0.29, 0.717) is 12.6 Å². The number of methoxy groups -OCH3 is 1. The van der Waals surface area contributed by atoms with Gasteiger partial charge in [0.15, 0.2) is 0 Å². The molecule has 0 spiro atoms. The number of benzene rings is 1. The van der Waals surface area contributed by atoms with Crippen molar-refractivity contribution < 1.29 is 9.53 Å². The molecule has 0 aliphatic carbocycles. The first-order chi connectivity index (χ1) is 9.55. The Hall–Kier alpha value is -2.12. The SMILES string of the molecule is COCC(C)N=C(NN)Nc1ccc(NC(C)=O)cc1. The molecule has 110 valence electrons. The molecule has 0 saturated carbocycles. The van der Waals surface area contributed by atoms with Crippen LogP contribution >= 0.6 is 0 Å². The smallest absolute Gasteiger partial charge is 0.221 e. The highest BCUT2D eigenvalue weighted by Gasteiger charge is 2.03. The number of aliphatic imine (C=N–C) groups is 1. The Morgan fingerprint density at radius 1 is 1.30 bits per heavy atom. The number of carbonyl (C=O) groups is 1. The summed E-state index contributed by atoms with van der Waals surface area (Å²) in [6.07, 6.45) is 0. The zero-order chi connectivity index (χ0) is 15.0. The number of nitrogens with two attached hydrogens (primary N) is 1. The number of carbonyl (C=O) groups excluding carboxylic acids is 1. The summed E-state index contributed by atoms with van der Waals surface area (Å²) >= 11 is 0. The van der Waals surface area contributed by atoms with E-state index in [1.54, 1.807) is 19.2 Å². The third kappa shape index (κ3) is 5.68. The first-order valence-corrected chi connectivity index (χ1v) is 6.23. The molecule has 1 atom stereocenters. The van der Waals surface area contributed by atoms with Crippen LogP contribution in [0.1, 0.15) is 13.8 Å². The molecule has 7 heteroatoms. The van der Waals surface area contributed by atoms with Crippen molar-refractivity contribution in [1.82, 2.24) is 5.43 Å². The first kappa shape index (κ1) is 15.9. The Bertz CT molecular complexity index is 458. The second-order valence-corrected chi connectivity index (χ2v) is 4.31. The number of hydrazine groups is 1. The van der Waals surface area contributed by atoms with Crippen molar-refractivity contribution in [2.45, 2.75) is 19.9 Å². The molecule has 5 N–H and O–H groups in total. The molecule has 0 bridgehead atoms. The van der Waals surface area contributed by atoms with Gasteiger partial charge in [0, 0.05) is 25.4 Å². The number of hydrogen-bond donors (Lipinski definition) is 4. The van der Waals surface area contributed by atoms with Crippen molar-refractivity contribution in [2.75, 3.05) is 24.4 Å². The molecule has 0 aliphatic rings. The van der Waals surface area contributed by atoms with Gasteiger partial charge in [-0.15, -0.1) is 0 Å². The van der Waals surface area contributed by atoms with Crippen LogP contribution in [0.2, 0.25) is 0 Å². The topological polar surface area (TPSA) is 101 Å². The maximum Gasteiger partial charge on any atom is 0.221 e. The zero-order valence-electron chi connectivity index (χ0n) is 11.9. The summed E-state index contributed by atoms with van der Waals surface area (Å²) in [6.45, 7) is 3.89. The maximum absolute atomic E-state index is 10.9. The number of ether oxygens (including phenoxy) is 1. The second kappa shape index (κ2) is 8.13. The van der Waals surface area contributed by atoms with Gasteiger partial charge in [-0.3, -0.25) is 10.2 Å². The molecule has 1 aromatic carbocycles. The molecule has 0 radical (unpaired) electrons. The van der Waals surface area contributed by atoms with Gasteiger partial charge < -0.3 is 15.4 Å². The predicted octanol–water partition coefficient (Wildman–Crippen LogP) is 0.911. The van der Waals surface area contributed by atoms with E-state index in [4.69, 9.17) is 10.6 Å². The molecule has 1 unspecified atom stereocenters. The number of rotatable bonds is 5. The molecule has 0 heterocycles. The van der Waals surface area contributed by atoms with Crippen LogP contribution < -0.4 is 21.9 Å². The lowest BCUT2D eigenvalue weighted by Gasteiger charge is -2.12. The van der Waals surface area contributed by atoms with E-state index in [1.165, 1.54) is 6.92 Å². The number of guanidine groups is 1. The summed E-state index contributed by atoms with van der Waals surface area (Å²) in [4.78, 5) is 15.2. The predicted molar refractivity (Wildman–Crippen MR) is 80.5 cm³/mol. The Morgan fingerprint density at radius 2 is 1.85 bits per heavy atom. The lowest BCUT2D eigenvalue weighted by Crippen LogP contribution is -2.37. The maximum atomic E-state index is 10.9. The fourth-order valence-corrected chi connectivity index (χ4v) is 1.58. The third-order valence-corrected chi connectivity index (χ3v) is 2.36. The van der Waals surface area contributed by atoms with E-state index >= 15 is 0 Å². The Kier molecular flexibility index (Phi) is 6.48. The molecule has 0 aromatic heterocycles. The summed E-state index contributed by atoms with van der Waals surface area (Å²) < 4.78 is 5.01. The minimum absolute atomic E-state index is 0.0165. The molecule has 1 amide bonds. The van der Waals surface area contributed by atoms with Gasteiger partial charge in [0.2, 0.25) is 11.9 Å². The standard InChI is InChI=1S/C13H21N5O2/c1-9(8-20-3)15-13(18-14)17-12-6-4-11(5-7-12)16-10(2)19/h4-7,9H,8,14H2,1-3H3,(H,16,19)(H2,15,17,18). The Labute approximate surface area is 118 Å². The highest BCUT2D eigenvalue weighted by Crippen LogP contribution is 2.13. The summed E-state index contributed by atoms with van der Waals surface area (Å²) in [5.74, 6) is 5.76. The van der Waals surface area contributed by atoms with E-state index < -0.39 is 0 Å². The summed E-state index contributed by atoms with van der Waals surface area (Å²) in [6, 6.07) is 7.20. The van der Waals surface area contributed by atoms with Crippen LogP contribution in [0, 0.1) is 0 Å². The van der Waals surface area contributed by atoms with Crippen molar-refractivity contribution in [3.8, 4) is 0 Å². The second-order valence-electron chi connectivity index (χ2n) is 4.31. The number of nitrogens with zero attached hydrogens (tertiary/aromatic N) is 1. The molecule has 1 aromatic rings. The average Bonchev–Trinajstić information content (AvgIpc) is 2.40. The van der Waals surface area contributed by atoms with Crippen LogP contribution in [0.5, 0.6) is 0 Å². The van der Waals surface area contributed by atoms with Gasteiger partial charge in [-0.05, 0) is 31.2 Å². The fraction of sp³-hybridized carbons (Fsp3) is 0.385. The van der Waals surface area contributed by atoms with Gasteiger partial charge in [-0.2, -0.15) is 0 Å². The van der Waals surface area contributed by atoms with Gasteiger partial charge in [-0.25, -0.2) is 10.8 Å². The molecule has 7 nitrogen and oxygen atoms in total. The van der Waals surface area contributed by atoms with Gasteiger partial charge >= 0.3 is 0 Å². The van der Waals surface area contributed by atoms with Gasteiger partial charge in [0.1, 0.15) is 0 Å². The number of anilines is 2. The zero-order valence-corrected chi connectivity index (χ0v) is 11.9. The van der Waals surface area contributed by atoms with E-state index in [9.17, 15) is 4.79 Å². The van der Waals surface area contributed by atoms with Crippen LogP contribution in [-0.2, 0) is 9.53 Å². The average molecular weight is 279 g/mol. The molecular weight excluding hydrogens is 258 g/mol. The molecular formula is C13H21N5O2. The summed E-state index contributed by atoms with van der Waals surface area (Å²) in [5, 5.41) is 5.74. The lowest BCUT2D eigenvalue weighted by atomic mass is 10.3. The van der Waals surface area contributed by atoms with E-state index in [0.717, 1.165) is 11.4 Å². The minimum atomic E-state index is -0.107. The van der Waals surface area contributed by atoms with E-state index in [-0.39, 0.29) is 11.9 Å². The van der Waals surface area contributed by atoms with Gasteiger partial charge in [0.05, 0.1) is 12.6 Å². The van der Waals surface area contributed by atoms with Crippen molar-refractivity contribution in [3.05, 3.63) is 24.3 Å². The Balaban J connectivity index is 2.68. The summed E-state index contributed by atoms with van der Waals surface area (Å²) in [7, 11) is 1.62. The quantitative estimate of drug-likeness (QED) is 0.278. The van der Waals surface area contributed by atoms with Gasteiger partial charge in [-0.1, -0.05) is 0 Å². The molecule has 0 aliphatic heterocycles. The van der Waals surface area contributed by atoms with Crippen LogP contribution in [0.15, 0.2) is 29.3 Å². The normalized spacial score (nSPS) is 12.7. The van der Waals surface area contributed by atoms with E-state index in [2.05, 4.69) is 21.1 Å². The highest BCUT2D eigenvalue weighted by atomic mass is 16.5. The lowest BCUT2D eigenvalue weighted by molar-refractivity contribution is -0.114. The number of nitrogens with one attached hydrogen (secondary N) is 3. The fourth-order valence-electron chi connectivity index (χ4n) is 1.58. The van der Waals surface area contributed by atoms with Crippen molar-refractivity contribution in [1.29, 1.82) is 0 Å². The van der Waals surface area contributed by atoms with Crippen molar-refractivity contribution in [2.24, 2.45) is 10.8 Å². The van der Waals surface area contributed by atoms with Gasteiger partial charge in [0.25, 0.3) is 0 Å². The number of hydrogen-bond acceptors (Lipinski definition) is 4. The number of amides is 1. The van der Waals surface area contributed by atoms with Crippen LogP contribution in [-0.4, -0.2) is 31.6 Å². The molecule has 20 heavy (non-hydrogen) atoms. The molecule has 1 rings (SSSR count). The third-order valence-electron chi connectivity index (χ3n) is 2.36.